The van der Waals surface area contributed by atoms with E-state index in [4.69, 9.17) is 16.3 Å². The topological polar surface area (TPSA) is 48.9 Å². The quantitative estimate of drug-likeness (QED) is 0.408. The van der Waals surface area contributed by atoms with Crippen molar-refractivity contribution in [1.29, 1.82) is 0 Å². The molecule has 2 unspecified atom stereocenters. The Balaban J connectivity index is 0.00000208. The Morgan fingerprint density at radius 2 is 2.21 bits per heavy atom. The molecular weight excluding hydrogens is 439 g/mol. The van der Waals surface area contributed by atoms with Crippen LogP contribution in [0.25, 0.3) is 0 Å². The minimum atomic E-state index is 0. The second-order valence-corrected chi connectivity index (χ2v) is 6.55. The summed E-state index contributed by atoms with van der Waals surface area (Å²) in [7, 11) is 1.78. The van der Waals surface area contributed by atoms with Crippen LogP contribution in [0.15, 0.2) is 29.3 Å². The van der Waals surface area contributed by atoms with Crippen LogP contribution in [0.2, 0.25) is 5.02 Å². The first-order valence-corrected chi connectivity index (χ1v) is 8.67. The average Bonchev–Trinajstić information content (AvgIpc) is 3.04. The fraction of sp³-hybridized carbons (Fsp3) is 0.588. The number of guanidine groups is 1. The van der Waals surface area contributed by atoms with Gasteiger partial charge in [-0.15, -0.1) is 24.0 Å². The zero-order chi connectivity index (χ0) is 16.1. The highest BCUT2D eigenvalue weighted by Gasteiger charge is 2.32. The first-order valence-electron chi connectivity index (χ1n) is 8.30. The largest absolute Gasteiger partial charge is 0.373 e. The van der Waals surface area contributed by atoms with Gasteiger partial charge in [0.15, 0.2) is 5.96 Å². The molecule has 0 bridgehead atoms. The van der Waals surface area contributed by atoms with Crippen molar-refractivity contribution in [3.05, 3.63) is 34.9 Å². The smallest absolute Gasteiger partial charge is 0.191 e. The number of nitrogens with zero attached hydrogens (tertiary/aromatic N) is 2. The molecule has 24 heavy (non-hydrogen) atoms. The lowest BCUT2D eigenvalue weighted by atomic mass is 10.2. The van der Waals surface area contributed by atoms with E-state index in [1.165, 1.54) is 19.4 Å². The lowest BCUT2D eigenvalue weighted by Crippen LogP contribution is -2.51. The number of hydrogen-bond acceptors (Lipinski definition) is 3. The summed E-state index contributed by atoms with van der Waals surface area (Å²) in [5, 5.41) is 7.42. The highest BCUT2D eigenvalue weighted by molar-refractivity contribution is 14.0. The van der Waals surface area contributed by atoms with E-state index < -0.39 is 0 Å². The predicted octanol–water partition coefficient (Wildman–Crippen LogP) is 2.49. The van der Waals surface area contributed by atoms with Crippen LogP contribution in [0, 0.1) is 0 Å². The van der Waals surface area contributed by atoms with E-state index in [1.807, 2.05) is 24.3 Å². The molecule has 2 saturated heterocycles. The molecule has 2 atom stereocenters. The zero-order valence-electron chi connectivity index (χ0n) is 14.0. The van der Waals surface area contributed by atoms with Gasteiger partial charge in [-0.25, -0.2) is 0 Å². The molecule has 2 aliphatic heterocycles. The summed E-state index contributed by atoms with van der Waals surface area (Å²) in [6, 6.07) is 8.48. The Kier molecular flexibility index (Phi) is 8.06. The van der Waals surface area contributed by atoms with Crippen molar-refractivity contribution < 1.29 is 4.74 Å². The maximum Gasteiger partial charge on any atom is 0.191 e. The third-order valence-electron chi connectivity index (χ3n) is 4.59. The van der Waals surface area contributed by atoms with E-state index in [9.17, 15) is 0 Å². The van der Waals surface area contributed by atoms with Gasteiger partial charge in [-0.1, -0.05) is 29.8 Å². The molecule has 1 aromatic rings. The standard InChI is InChI=1S/C17H25ClN4O.HI/c1-19-17(20-9-13-5-2-3-7-16(13)18)21-10-15-11-22-8-4-6-14(22)12-23-15;/h2-3,5,7,14-15H,4,6,8-12H2,1H3,(H2,19,20,21);1H. The minimum Gasteiger partial charge on any atom is -0.373 e. The molecule has 2 heterocycles. The Labute approximate surface area is 166 Å². The van der Waals surface area contributed by atoms with Crippen LogP contribution >= 0.6 is 35.6 Å². The van der Waals surface area contributed by atoms with Crippen molar-refractivity contribution in [3.63, 3.8) is 0 Å². The molecule has 5 nitrogen and oxygen atoms in total. The number of halogens is 2. The van der Waals surface area contributed by atoms with E-state index in [0.717, 1.165) is 36.2 Å². The molecule has 0 amide bonds. The van der Waals surface area contributed by atoms with Crippen LogP contribution < -0.4 is 10.6 Å². The van der Waals surface area contributed by atoms with Gasteiger partial charge in [0.25, 0.3) is 0 Å². The van der Waals surface area contributed by atoms with E-state index in [-0.39, 0.29) is 30.1 Å². The molecule has 0 saturated carbocycles. The Morgan fingerprint density at radius 1 is 1.38 bits per heavy atom. The Hall–Kier alpha value is -0.570. The molecule has 0 aromatic heterocycles. The number of morpholine rings is 1. The van der Waals surface area contributed by atoms with Crippen molar-refractivity contribution in [2.75, 3.05) is 33.3 Å². The predicted molar refractivity (Wildman–Crippen MR) is 109 cm³/mol. The fourth-order valence-corrected chi connectivity index (χ4v) is 3.46. The van der Waals surface area contributed by atoms with Crippen molar-refractivity contribution in [1.82, 2.24) is 15.5 Å². The van der Waals surface area contributed by atoms with E-state index in [2.05, 4.69) is 20.5 Å². The van der Waals surface area contributed by atoms with Gasteiger partial charge in [0, 0.05) is 37.7 Å². The van der Waals surface area contributed by atoms with E-state index in [0.29, 0.717) is 12.6 Å². The van der Waals surface area contributed by atoms with Gasteiger partial charge in [-0.3, -0.25) is 9.89 Å². The molecule has 134 valence electrons. The summed E-state index contributed by atoms with van der Waals surface area (Å²) < 4.78 is 5.96. The fourth-order valence-electron chi connectivity index (χ4n) is 3.26. The number of rotatable bonds is 4. The first kappa shape index (κ1) is 19.8. The van der Waals surface area contributed by atoms with E-state index in [1.54, 1.807) is 7.05 Å². The lowest BCUT2D eigenvalue weighted by Gasteiger charge is -2.35. The van der Waals surface area contributed by atoms with Gasteiger partial charge in [0.2, 0.25) is 0 Å². The monoisotopic (exact) mass is 464 g/mol. The Morgan fingerprint density at radius 3 is 3.00 bits per heavy atom. The van der Waals surface area contributed by atoms with Gasteiger partial charge in [0.05, 0.1) is 12.7 Å². The molecule has 0 radical (unpaired) electrons. The zero-order valence-corrected chi connectivity index (χ0v) is 17.1. The molecule has 2 N–H and O–H groups in total. The minimum absolute atomic E-state index is 0. The average molecular weight is 465 g/mol. The summed E-state index contributed by atoms with van der Waals surface area (Å²) >= 11 is 6.18. The van der Waals surface area contributed by atoms with Crippen LogP contribution in [0.4, 0.5) is 0 Å². The van der Waals surface area contributed by atoms with Crippen molar-refractivity contribution in [2.45, 2.75) is 31.5 Å². The SMILES string of the molecule is CN=C(NCc1ccccc1Cl)NCC1CN2CCCC2CO1.I. The third-order valence-corrected chi connectivity index (χ3v) is 4.96. The summed E-state index contributed by atoms with van der Waals surface area (Å²) in [6.45, 7) is 4.51. The summed E-state index contributed by atoms with van der Waals surface area (Å²) in [5.74, 6) is 0.775. The third kappa shape index (κ3) is 5.21. The number of ether oxygens (including phenoxy) is 1. The van der Waals surface area contributed by atoms with Gasteiger partial charge < -0.3 is 15.4 Å². The molecule has 2 aliphatic rings. The normalized spacial score (nSPS) is 24.2. The number of benzene rings is 1. The molecular formula is C17H26ClIN4O. The van der Waals surface area contributed by atoms with Crippen molar-refractivity contribution in [3.8, 4) is 0 Å². The van der Waals surface area contributed by atoms with Gasteiger partial charge in [-0.05, 0) is 31.0 Å². The maximum absolute atomic E-state index is 6.18. The summed E-state index contributed by atoms with van der Waals surface area (Å²) in [4.78, 5) is 6.82. The second-order valence-electron chi connectivity index (χ2n) is 6.14. The molecule has 3 rings (SSSR count). The summed E-state index contributed by atoms with van der Waals surface area (Å²) in [5.41, 5.74) is 1.06. The second kappa shape index (κ2) is 9.79. The van der Waals surface area contributed by atoms with Gasteiger partial charge >= 0.3 is 0 Å². The molecule has 7 heteroatoms. The van der Waals surface area contributed by atoms with Crippen molar-refractivity contribution in [2.24, 2.45) is 4.99 Å². The van der Waals surface area contributed by atoms with Crippen LogP contribution in [0.3, 0.4) is 0 Å². The highest BCUT2D eigenvalue weighted by atomic mass is 127. The molecule has 0 spiro atoms. The molecule has 2 fully saturated rings. The number of nitrogens with one attached hydrogen (secondary N) is 2. The van der Waals surface area contributed by atoms with Gasteiger partial charge in [0.1, 0.15) is 0 Å². The molecule has 1 aromatic carbocycles. The molecule has 0 aliphatic carbocycles. The van der Waals surface area contributed by atoms with Crippen LogP contribution in [0.1, 0.15) is 18.4 Å². The highest BCUT2D eigenvalue weighted by Crippen LogP contribution is 2.22. The van der Waals surface area contributed by atoms with Crippen LogP contribution in [-0.2, 0) is 11.3 Å². The van der Waals surface area contributed by atoms with Crippen LogP contribution in [-0.4, -0.2) is 56.3 Å². The van der Waals surface area contributed by atoms with E-state index >= 15 is 0 Å². The first-order chi connectivity index (χ1) is 11.3. The van der Waals surface area contributed by atoms with Crippen LogP contribution in [0.5, 0.6) is 0 Å². The summed E-state index contributed by atoms with van der Waals surface area (Å²) in [6.07, 6.45) is 2.81. The van der Waals surface area contributed by atoms with Gasteiger partial charge in [-0.2, -0.15) is 0 Å². The van der Waals surface area contributed by atoms with Crippen molar-refractivity contribution >= 4 is 41.5 Å². The maximum atomic E-state index is 6.18. The number of hydrogen-bond donors (Lipinski definition) is 2. The Bertz CT molecular complexity index is 557. The number of fused-ring (bicyclic) bond motifs is 1. The number of aliphatic imine (C=N–C) groups is 1. The lowest BCUT2D eigenvalue weighted by molar-refractivity contribution is -0.0453.